The molecule has 0 aromatic heterocycles. The van der Waals surface area contributed by atoms with E-state index >= 15 is 0 Å². The highest BCUT2D eigenvalue weighted by molar-refractivity contribution is 9.10. The van der Waals surface area contributed by atoms with Crippen molar-refractivity contribution in [2.24, 2.45) is 4.99 Å². The Morgan fingerprint density at radius 3 is 2.56 bits per heavy atom. The first kappa shape index (κ1) is 11.4. The second-order valence-electron chi connectivity index (χ2n) is 3.81. The minimum absolute atomic E-state index is 0.211. The van der Waals surface area contributed by atoms with Gasteiger partial charge in [0.2, 0.25) is 6.08 Å². The maximum absolute atomic E-state index is 13.8. The van der Waals surface area contributed by atoms with E-state index in [0.29, 0.717) is 12.8 Å². The van der Waals surface area contributed by atoms with Gasteiger partial charge in [-0.05, 0) is 41.3 Å². The van der Waals surface area contributed by atoms with E-state index in [0.717, 1.165) is 6.42 Å². The summed E-state index contributed by atoms with van der Waals surface area (Å²) in [7, 11) is 0. The fourth-order valence-electron chi connectivity index (χ4n) is 1.93. The lowest BCUT2D eigenvalue weighted by atomic mass is 9.72. The van der Waals surface area contributed by atoms with Crippen molar-refractivity contribution < 1.29 is 13.6 Å². The molecular weight excluding hydrogens is 280 g/mol. The smallest absolute Gasteiger partial charge is 0.211 e. The third-order valence-electron chi connectivity index (χ3n) is 2.98. The van der Waals surface area contributed by atoms with Gasteiger partial charge in [0.15, 0.2) is 0 Å². The van der Waals surface area contributed by atoms with Gasteiger partial charge in [0.05, 0.1) is 4.47 Å². The molecule has 0 spiro atoms. The Morgan fingerprint density at radius 1 is 1.38 bits per heavy atom. The molecule has 0 heterocycles. The molecule has 0 bridgehead atoms. The van der Waals surface area contributed by atoms with Gasteiger partial charge in [-0.3, -0.25) is 0 Å². The van der Waals surface area contributed by atoms with Crippen molar-refractivity contribution in [2.45, 2.75) is 24.8 Å². The van der Waals surface area contributed by atoms with E-state index in [-0.39, 0.29) is 10.0 Å². The highest BCUT2D eigenvalue weighted by Gasteiger charge is 2.41. The van der Waals surface area contributed by atoms with Crippen LogP contribution in [0.5, 0.6) is 0 Å². The Labute approximate surface area is 99.5 Å². The number of rotatable bonds is 2. The zero-order chi connectivity index (χ0) is 11.8. The van der Waals surface area contributed by atoms with Crippen molar-refractivity contribution in [2.75, 3.05) is 0 Å². The van der Waals surface area contributed by atoms with E-state index in [1.807, 2.05) is 0 Å². The molecule has 0 saturated heterocycles. The van der Waals surface area contributed by atoms with Crippen molar-refractivity contribution >= 4 is 22.0 Å². The maximum Gasteiger partial charge on any atom is 0.235 e. The Bertz CT molecular complexity index is 479. The lowest BCUT2D eigenvalue weighted by molar-refractivity contribution is 0.246. The molecule has 0 radical (unpaired) electrons. The minimum atomic E-state index is -0.831. The largest absolute Gasteiger partial charge is 0.235 e. The van der Waals surface area contributed by atoms with Crippen LogP contribution in [-0.4, -0.2) is 6.08 Å². The SMILES string of the molecule is O=C=NC1(c2ccc(F)c(Br)c2F)CCC1. The van der Waals surface area contributed by atoms with Crippen LogP contribution in [-0.2, 0) is 10.3 Å². The highest BCUT2D eigenvalue weighted by Crippen LogP contribution is 2.46. The molecule has 1 aliphatic rings. The standard InChI is InChI=1S/C11H8BrF2NO/c12-9-8(13)3-2-7(10(9)14)11(15-6-16)4-1-5-11/h2-3H,1,4-5H2. The van der Waals surface area contributed by atoms with E-state index in [9.17, 15) is 13.6 Å². The molecule has 2 rings (SSSR count). The Kier molecular flexibility index (Phi) is 2.91. The summed E-state index contributed by atoms with van der Waals surface area (Å²) in [6.07, 6.45) is 3.53. The van der Waals surface area contributed by atoms with Crippen LogP contribution in [0.25, 0.3) is 0 Å². The minimum Gasteiger partial charge on any atom is -0.211 e. The number of benzene rings is 1. The molecule has 0 unspecified atom stereocenters. The first-order valence-electron chi connectivity index (χ1n) is 4.84. The summed E-state index contributed by atoms with van der Waals surface area (Å²) in [6.45, 7) is 0. The molecule has 1 fully saturated rings. The van der Waals surface area contributed by atoms with Crippen LogP contribution in [0.15, 0.2) is 21.6 Å². The number of nitrogens with zero attached hydrogens (tertiary/aromatic N) is 1. The Morgan fingerprint density at radius 2 is 2.06 bits per heavy atom. The summed E-state index contributed by atoms with van der Waals surface area (Å²) in [5.41, 5.74) is -0.572. The van der Waals surface area contributed by atoms with Gasteiger partial charge >= 0.3 is 0 Å². The molecule has 0 N–H and O–H groups in total. The zero-order valence-corrected chi connectivity index (χ0v) is 9.85. The Balaban J connectivity index is 2.55. The summed E-state index contributed by atoms with van der Waals surface area (Å²) in [4.78, 5) is 14.0. The first-order valence-corrected chi connectivity index (χ1v) is 5.63. The lowest BCUT2D eigenvalue weighted by Crippen LogP contribution is -2.33. The van der Waals surface area contributed by atoms with Crippen molar-refractivity contribution in [3.05, 3.63) is 33.8 Å². The number of carbonyl (C=O) groups excluding carboxylic acids is 1. The molecule has 0 atom stereocenters. The number of aliphatic imine (C=N–C) groups is 1. The Hall–Kier alpha value is -1.06. The molecule has 1 aromatic carbocycles. The van der Waals surface area contributed by atoms with Crippen LogP contribution in [0.4, 0.5) is 8.78 Å². The highest BCUT2D eigenvalue weighted by atomic mass is 79.9. The lowest BCUT2D eigenvalue weighted by Gasteiger charge is -2.37. The third-order valence-corrected chi connectivity index (χ3v) is 3.70. The topological polar surface area (TPSA) is 29.4 Å². The zero-order valence-electron chi connectivity index (χ0n) is 8.27. The van der Waals surface area contributed by atoms with Gasteiger partial charge in [0.1, 0.15) is 17.2 Å². The van der Waals surface area contributed by atoms with Crippen molar-refractivity contribution in [1.82, 2.24) is 0 Å². The van der Waals surface area contributed by atoms with Crippen LogP contribution in [0.2, 0.25) is 0 Å². The van der Waals surface area contributed by atoms with Gasteiger partial charge in [-0.15, -0.1) is 0 Å². The van der Waals surface area contributed by atoms with Gasteiger partial charge in [-0.25, -0.2) is 13.6 Å². The molecule has 16 heavy (non-hydrogen) atoms. The molecule has 5 heteroatoms. The van der Waals surface area contributed by atoms with Crippen LogP contribution in [0, 0.1) is 11.6 Å². The van der Waals surface area contributed by atoms with Crippen molar-refractivity contribution in [1.29, 1.82) is 0 Å². The van der Waals surface area contributed by atoms with Gasteiger partial charge in [0.25, 0.3) is 0 Å². The van der Waals surface area contributed by atoms with Crippen LogP contribution in [0.1, 0.15) is 24.8 Å². The predicted molar refractivity (Wildman–Crippen MR) is 57.7 cm³/mol. The van der Waals surface area contributed by atoms with Crippen LogP contribution >= 0.6 is 15.9 Å². The van der Waals surface area contributed by atoms with E-state index in [1.54, 1.807) is 0 Å². The molecule has 1 saturated carbocycles. The van der Waals surface area contributed by atoms with Crippen LogP contribution < -0.4 is 0 Å². The first-order chi connectivity index (χ1) is 7.60. The molecule has 2 nitrogen and oxygen atoms in total. The number of hydrogen-bond acceptors (Lipinski definition) is 2. The molecular formula is C11H8BrF2NO. The maximum atomic E-state index is 13.8. The molecule has 0 amide bonds. The second kappa shape index (κ2) is 4.07. The van der Waals surface area contributed by atoms with Gasteiger partial charge < -0.3 is 0 Å². The third kappa shape index (κ3) is 1.60. The molecule has 1 aliphatic carbocycles. The molecule has 1 aromatic rings. The van der Waals surface area contributed by atoms with E-state index in [1.165, 1.54) is 18.2 Å². The average molecular weight is 288 g/mol. The van der Waals surface area contributed by atoms with E-state index in [4.69, 9.17) is 0 Å². The number of isocyanates is 1. The normalized spacial score (nSPS) is 17.4. The van der Waals surface area contributed by atoms with Crippen LogP contribution in [0.3, 0.4) is 0 Å². The number of hydrogen-bond donors (Lipinski definition) is 0. The van der Waals surface area contributed by atoms with Crippen molar-refractivity contribution in [3.63, 3.8) is 0 Å². The second-order valence-corrected chi connectivity index (χ2v) is 4.60. The monoisotopic (exact) mass is 287 g/mol. The number of halogens is 3. The average Bonchev–Trinajstić information content (AvgIpc) is 2.21. The van der Waals surface area contributed by atoms with Gasteiger partial charge in [0, 0.05) is 5.56 Å². The fourth-order valence-corrected chi connectivity index (χ4v) is 2.27. The van der Waals surface area contributed by atoms with E-state index < -0.39 is 17.2 Å². The fraction of sp³-hybridized carbons (Fsp3) is 0.364. The summed E-state index contributed by atoms with van der Waals surface area (Å²) in [5.74, 6) is -1.34. The quantitative estimate of drug-likeness (QED) is 0.465. The summed E-state index contributed by atoms with van der Waals surface area (Å²) < 4.78 is 26.7. The van der Waals surface area contributed by atoms with E-state index in [2.05, 4.69) is 20.9 Å². The predicted octanol–water partition coefficient (Wildman–Crippen LogP) is 3.44. The molecule has 0 aliphatic heterocycles. The van der Waals surface area contributed by atoms with Crippen molar-refractivity contribution in [3.8, 4) is 0 Å². The van der Waals surface area contributed by atoms with Gasteiger partial charge in [-0.1, -0.05) is 6.07 Å². The van der Waals surface area contributed by atoms with Gasteiger partial charge in [-0.2, -0.15) is 4.99 Å². The summed E-state index contributed by atoms with van der Waals surface area (Å²) >= 11 is 2.84. The summed E-state index contributed by atoms with van der Waals surface area (Å²) in [6, 6.07) is 2.51. The summed E-state index contributed by atoms with van der Waals surface area (Å²) in [5, 5.41) is 0. The molecule has 84 valence electrons.